The van der Waals surface area contributed by atoms with Crippen molar-refractivity contribution in [2.45, 2.75) is 92.2 Å². The minimum absolute atomic E-state index is 0.468. The summed E-state index contributed by atoms with van der Waals surface area (Å²) in [6, 6.07) is 0.936. The van der Waals surface area contributed by atoms with E-state index in [-0.39, 0.29) is 0 Å². The molecule has 0 bridgehead atoms. The molecule has 0 saturated carbocycles. The standard InChI is InChI=1S/C22H48N2O2/c1-7-9-15-25-17-21(19(3)4)23-13-11-12-14-24-22(20(5)6)18-26-16-10-8-2/h19-24H,7-18H2,1-6H3. The number of hydrogen-bond donors (Lipinski definition) is 2. The van der Waals surface area contributed by atoms with Gasteiger partial charge in [0.05, 0.1) is 13.2 Å². The summed E-state index contributed by atoms with van der Waals surface area (Å²) in [7, 11) is 0. The van der Waals surface area contributed by atoms with Crippen LogP contribution in [0, 0.1) is 11.8 Å². The van der Waals surface area contributed by atoms with Crippen LogP contribution in [0.4, 0.5) is 0 Å². The summed E-state index contributed by atoms with van der Waals surface area (Å²) in [5.74, 6) is 1.22. The van der Waals surface area contributed by atoms with E-state index in [2.05, 4.69) is 52.2 Å². The first-order valence-corrected chi connectivity index (χ1v) is 11.1. The Hall–Kier alpha value is -0.160. The van der Waals surface area contributed by atoms with Crippen LogP contribution in [0.2, 0.25) is 0 Å². The highest BCUT2D eigenvalue weighted by molar-refractivity contribution is 4.72. The Morgan fingerprint density at radius 3 is 1.31 bits per heavy atom. The maximum absolute atomic E-state index is 5.80. The van der Waals surface area contributed by atoms with Gasteiger partial charge in [-0.25, -0.2) is 0 Å². The molecule has 0 spiro atoms. The van der Waals surface area contributed by atoms with Crippen molar-refractivity contribution in [2.75, 3.05) is 39.5 Å². The van der Waals surface area contributed by atoms with Crippen molar-refractivity contribution in [2.24, 2.45) is 11.8 Å². The zero-order valence-corrected chi connectivity index (χ0v) is 18.6. The number of unbranched alkanes of at least 4 members (excludes halogenated alkanes) is 3. The van der Waals surface area contributed by atoms with Gasteiger partial charge < -0.3 is 20.1 Å². The molecule has 0 amide bonds. The molecule has 0 radical (unpaired) electrons. The topological polar surface area (TPSA) is 42.5 Å². The summed E-state index contributed by atoms with van der Waals surface area (Å²) in [4.78, 5) is 0. The van der Waals surface area contributed by atoms with Crippen molar-refractivity contribution >= 4 is 0 Å². The maximum atomic E-state index is 5.80. The highest BCUT2D eigenvalue weighted by Crippen LogP contribution is 2.05. The Kier molecular flexibility index (Phi) is 18.1. The Bertz CT molecular complexity index is 257. The van der Waals surface area contributed by atoms with Gasteiger partial charge in [0.1, 0.15) is 0 Å². The van der Waals surface area contributed by atoms with Crippen LogP contribution in [-0.4, -0.2) is 51.6 Å². The van der Waals surface area contributed by atoms with Gasteiger partial charge in [-0.3, -0.25) is 0 Å². The molecule has 4 nitrogen and oxygen atoms in total. The molecule has 2 N–H and O–H groups in total. The van der Waals surface area contributed by atoms with E-state index < -0.39 is 0 Å². The van der Waals surface area contributed by atoms with Crippen LogP contribution in [0.15, 0.2) is 0 Å². The van der Waals surface area contributed by atoms with Crippen LogP contribution >= 0.6 is 0 Å². The summed E-state index contributed by atoms with van der Waals surface area (Å²) < 4.78 is 11.6. The third-order valence-corrected chi connectivity index (χ3v) is 4.91. The second-order valence-corrected chi connectivity index (χ2v) is 8.17. The zero-order chi connectivity index (χ0) is 19.6. The normalized spacial score (nSPS) is 14.3. The van der Waals surface area contributed by atoms with Gasteiger partial charge in [0.2, 0.25) is 0 Å². The first-order chi connectivity index (χ1) is 12.5. The highest BCUT2D eigenvalue weighted by Gasteiger charge is 2.14. The van der Waals surface area contributed by atoms with Crippen LogP contribution in [-0.2, 0) is 9.47 Å². The molecule has 158 valence electrons. The monoisotopic (exact) mass is 372 g/mol. The zero-order valence-electron chi connectivity index (χ0n) is 18.6. The van der Waals surface area contributed by atoms with Gasteiger partial charge in [0.15, 0.2) is 0 Å². The van der Waals surface area contributed by atoms with Crippen LogP contribution in [0.25, 0.3) is 0 Å². The van der Waals surface area contributed by atoms with Crippen molar-refractivity contribution < 1.29 is 9.47 Å². The maximum Gasteiger partial charge on any atom is 0.0622 e. The molecule has 0 aromatic rings. The SMILES string of the molecule is CCCCOCC(NCCCCNC(COCCCC)C(C)C)C(C)C. The molecular formula is C22H48N2O2. The minimum Gasteiger partial charge on any atom is -0.380 e. The van der Waals surface area contributed by atoms with Gasteiger partial charge in [-0.15, -0.1) is 0 Å². The van der Waals surface area contributed by atoms with Gasteiger partial charge in [0.25, 0.3) is 0 Å². The van der Waals surface area contributed by atoms with Gasteiger partial charge in [-0.2, -0.15) is 0 Å². The van der Waals surface area contributed by atoms with E-state index in [1.165, 1.54) is 25.7 Å². The van der Waals surface area contributed by atoms with Crippen molar-refractivity contribution in [3.8, 4) is 0 Å². The molecular weight excluding hydrogens is 324 g/mol. The van der Waals surface area contributed by atoms with Crippen molar-refractivity contribution in [1.82, 2.24) is 10.6 Å². The molecule has 0 fully saturated rings. The van der Waals surface area contributed by atoms with Crippen LogP contribution in [0.5, 0.6) is 0 Å². The molecule has 0 aromatic heterocycles. The fraction of sp³-hybridized carbons (Fsp3) is 1.00. The molecule has 0 heterocycles. The molecule has 0 saturated heterocycles. The van der Waals surface area contributed by atoms with Crippen molar-refractivity contribution in [3.63, 3.8) is 0 Å². The van der Waals surface area contributed by atoms with E-state index >= 15 is 0 Å². The predicted octanol–water partition coefficient (Wildman–Crippen LogP) is 4.63. The lowest BCUT2D eigenvalue weighted by molar-refractivity contribution is 0.0943. The van der Waals surface area contributed by atoms with E-state index in [0.29, 0.717) is 23.9 Å². The summed E-state index contributed by atoms with van der Waals surface area (Å²) >= 11 is 0. The fourth-order valence-electron chi connectivity index (χ4n) is 2.71. The molecule has 2 atom stereocenters. The molecule has 4 heteroatoms. The average Bonchev–Trinajstić information content (AvgIpc) is 2.60. The third kappa shape index (κ3) is 15.0. The fourth-order valence-corrected chi connectivity index (χ4v) is 2.71. The number of hydrogen-bond acceptors (Lipinski definition) is 4. The van der Waals surface area contributed by atoms with E-state index in [1.807, 2.05) is 0 Å². The van der Waals surface area contributed by atoms with E-state index in [1.54, 1.807) is 0 Å². The lowest BCUT2D eigenvalue weighted by atomic mass is 10.0. The molecule has 0 aromatic carbocycles. The Morgan fingerprint density at radius 1 is 0.615 bits per heavy atom. The molecule has 2 unspecified atom stereocenters. The number of ether oxygens (including phenoxy) is 2. The summed E-state index contributed by atoms with van der Waals surface area (Å²) in [5, 5.41) is 7.36. The predicted molar refractivity (Wildman–Crippen MR) is 114 cm³/mol. The van der Waals surface area contributed by atoms with Gasteiger partial charge >= 0.3 is 0 Å². The molecule has 0 aliphatic carbocycles. The second kappa shape index (κ2) is 18.2. The molecule has 0 aliphatic rings. The minimum atomic E-state index is 0.468. The quantitative estimate of drug-likeness (QED) is 0.324. The highest BCUT2D eigenvalue weighted by atomic mass is 16.5. The lowest BCUT2D eigenvalue weighted by Crippen LogP contribution is -2.40. The van der Waals surface area contributed by atoms with Gasteiger partial charge in [0, 0.05) is 25.3 Å². The van der Waals surface area contributed by atoms with E-state index in [4.69, 9.17) is 9.47 Å². The largest absolute Gasteiger partial charge is 0.380 e. The van der Waals surface area contributed by atoms with Crippen molar-refractivity contribution in [3.05, 3.63) is 0 Å². The first kappa shape index (κ1) is 25.8. The smallest absolute Gasteiger partial charge is 0.0622 e. The van der Waals surface area contributed by atoms with E-state index in [9.17, 15) is 0 Å². The summed E-state index contributed by atoms with van der Waals surface area (Å²) in [6.07, 6.45) is 7.13. The summed E-state index contributed by atoms with van der Waals surface area (Å²) in [6.45, 7) is 19.1. The third-order valence-electron chi connectivity index (χ3n) is 4.91. The van der Waals surface area contributed by atoms with Gasteiger partial charge in [-0.05, 0) is 50.6 Å². The van der Waals surface area contributed by atoms with E-state index in [0.717, 1.165) is 52.4 Å². The van der Waals surface area contributed by atoms with Gasteiger partial charge in [-0.1, -0.05) is 54.4 Å². The van der Waals surface area contributed by atoms with Crippen LogP contribution in [0.1, 0.15) is 80.1 Å². The average molecular weight is 373 g/mol. The molecule has 0 rings (SSSR count). The molecule has 26 heavy (non-hydrogen) atoms. The Balaban J connectivity index is 3.79. The van der Waals surface area contributed by atoms with Crippen LogP contribution < -0.4 is 10.6 Å². The number of nitrogens with one attached hydrogen (secondary N) is 2. The summed E-state index contributed by atoms with van der Waals surface area (Å²) in [5.41, 5.74) is 0. The molecule has 0 aliphatic heterocycles. The second-order valence-electron chi connectivity index (χ2n) is 8.17. The first-order valence-electron chi connectivity index (χ1n) is 11.1. The van der Waals surface area contributed by atoms with Crippen LogP contribution in [0.3, 0.4) is 0 Å². The Morgan fingerprint density at radius 2 is 1.00 bits per heavy atom. The Labute approximate surface area is 164 Å². The number of rotatable bonds is 19. The van der Waals surface area contributed by atoms with Crippen molar-refractivity contribution in [1.29, 1.82) is 0 Å². The lowest BCUT2D eigenvalue weighted by Gasteiger charge is -2.24.